The summed E-state index contributed by atoms with van der Waals surface area (Å²) in [4.78, 5) is 36.9. The minimum atomic E-state index is -1.50. The molecule has 2 fully saturated rings. The number of nitrogens with one attached hydrogen (secondary N) is 1. The molecule has 3 unspecified atom stereocenters. The summed E-state index contributed by atoms with van der Waals surface area (Å²) in [5.41, 5.74) is 0. The Morgan fingerprint density at radius 2 is 2.11 bits per heavy atom. The van der Waals surface area contributed by atoms with Gasteiger partial charge < -0.3 is 24.8 Å². The average molecular weight is 417 g/mol. The second kappa shape index (κ2) is 11.0. The fraction of sp³-hybridized carbons (Fsp3) is 0.842. The molecular weight excluding hydrogens is 384 g/mol. The number of amides is 2. The van der Waals surface area contributed by atoms with E-state index in [0.717, 1.165) is 37.6 Å². The topological polar surface area (TPSA) is 105 Å². The Morgan fingerprint density at radius 1 is 1.36 bits per heavy atom. The molecule has 2 aliphatic heterocycles. The van der Waals surface area contributed by atoms with Crippen LogP contribution in [0.1, 0.15) is 58.8 Å². The van der Waals surface area contributed by atoms with Crippen molar-refractivity contribution in [3.05, 3.63) is 0 Å². The summed E-state index contributed by atoms with van der Waals surface area (Å²) in [6, 6.07) is -0.493. The number of esters is 1. The van der Waals surface area contributed by atoms with E-state index in [1.807, 2.05) is 4.90 Å². The molecule has 3 atom stereocenters. The molecule has 2 amide bonds. The first-order chi connectivity index (χ1) is 13.3. The summed E-state index contributed by atoms with van der Waals surface area (Å²) in [6.45, 7) is 5.34. The van der Waals surface area contributed by atoms with Gasteiger partial charge >= 0.3 is 5.97 Å². The molecule has 2 aliphatic rings. The maximum atomic E-state index is 12.1. The van der Waals surface area contributed by atoms with Crippen LogP contribution >= 0.6 is 11.8 Å². The van der Waals surface area contributed by atoms with E-state index in [1.54, 1.807) is 6.92 Å². The van der Waals surface area contributed by atoms with Crippen LogP contribution in [0.2, 0.25) is 0 Å². The highest BCUT2D eigenvalue weighted by atomic mass is 32.2. The molecule has 160 valence electrons. The van der Waals surface area contributed by atoms with Crippen LogP contribution in [0, 0.1) is 0 Å². The summed E-state index contributed by atoms with van der Waals surface area (Å²) in [6.07, 6.45) is 3.96. The van der Waals surface area contributed by atoms with Crippen LogP contribution in [-0.2, 0) is 19.1 Å². The molecule has 8 nitrogen and oxygen atoms in total. The summed E-state index contributed by atoms with van der Waals surface area (Å²) >= 11 is 1.11. The van der Waals surface area contributed by atoms with Crippen LogP contribution in [0.25, 0.3) is 0 Å². The smallest absolute Gasteiger partial charge is 0.306 e. The van der Waals surface area contributed by atoms with E-state index in [-0.39, 0.29) is 36.6 Å². The third-order valence-corrected chi connectivity index (χ3v) is 5.99. The quantitative estimate of drug-likeness (QED) is 0.415. The minimum absolute atomic E-state index is 0.0645. The first-order valence-electron chi connectivity index (χ1n) is 10.1. The van der Waals surface area contributed by atoms with Crippen molar-refractivity contribution in [2.24, 2.45) is 0 Å². The highest BCUT2D eigenvalue weighted by Gasteiger charge is 2.47. The van der Waals surface area contributed by atoms with Crippen molar-refractivity contribution >= 4 is 28.9 Å². The number of aliphatic hydroxyl groups is 1. The van der Waals surface area contributed by atoms with Gasteiger partial charge in [-0.1, -0.05) is 25.1 Å². The molecule has 28 heavy (non-hydrogen) atoms. The third-order valence-electron chi connectivity index (χ3n) is 5.11. The Morgan fingerprint density at radius 3 is 2.75 bits per heavy atom. The van der Waals surface area contributed by atoms with E-state index in [0.29, 0.717) is 25.1 Å². The van der Waals surface area contributed by atoms with Gasteiger partial charge in [0.25, 0.3) is 5.24 Å². The maximum absolute atomic E-state index is 12.1. The van der Waals surface area contributed by atoms with Crippen LogP contribution in [0.3, 0.4) is 0 Å². The van der Waals surface area contributed by atoms with Crippen molar-refractivity contribution in [3.8, 4) is 0 Å². The molecular formula is C19H32N2O6S. The largest absolute Gasteiger partial charge is 0.462 e. The monoisotopic (exact) mass is 416 g/mol. The van der Waals surface area contributed by atoms with Crippen LogP contribution < -0.4 is 5.32 Å². The summed E-state index contributed by atoms with van der Waals surface area (Å²) in [5.74, 6) is -1.30. The van der Waals surface area contributed by atoms with Crippen LogP contribution in [-0.4, -0.2) is 70.5 Å². The average Bonchev–Trinajstić information content (AvgIpc) is 3.08. The van der Waals surface area contributed by atoms with Gasteiger partial charge in [-0.15, -0.1) is 0 Å². The highest BCUT2D eigenvalue weighted by molar-refractivity contribution is 8.14. The Labute approximate surface area is 170 Å². The lowest BCUT2D eigenvalue weighted by molar-refractivity contribution is -0.257. The number of nitrogens with zero attached hydrogens (tertiary/aromatic N) is 1. The zero-order valence-electron chi connectivity index (χ0n) is 16.8. The molecule has 0 bridgehead atoms. The molecule has 0 aromatic carbocycles. The van der Waals surface area contributed by atoms with E-state index in [2.05, 4.69) is 12.2 Å². The van der Waals surface area contributed by atoms with Crippen LogP contribution in [0.4, 0.5) is 4.79 Å². The van der Waals surface area contributed by atoms with Gasteiger partial charge in [-0.05, 0) is 19.3 Å². The molecule has 0 aromatic rings. The summed E-state index contributed by atoms with van der Waals surface area (Å²) < 4.78 is 11.0. The van der Waals surface area contributed by atoms with E-state index in [9.17, 15) is 19.5 Å². The van der Waals surface area contributed by atoms with Crippen molar-refractivity contribution in [1.82, 2.24) is 10.2 Å². The first-order valence-corrected chi connectivity index (χ1v) is 11.1. The molecule has 0 radical (unpaired) electrons. The number of rotatable bonds is 10. The molecule has 0 aromatic heterocycles. The number of thioether (sulfide) groups is 1. The van der Waals surface area contributed by atoms with E-state index >= 15 is 0 Å². The first kappa shape index (κ1) is 23.0. The van der Waals surface area contributed by atoms with Gasteiger partial charge in [0.05, 0.1) is 12.6 Å². The number of unbranched alkanes of at least 4 members (excludes halogenated alkanes) is 2. The fourth-order valence-corrected chi connectivity index (χ4v) is 4.31. The van der Waals surface area contributed by atoms with Crippen molar-refractivity contribution in [2.75, 3.05) is 25.4 Å². The third kappa shape index (κ3) is 6.93. The lowest BCUT2D eigenvalue weighted by Crippen LogP contribution is -2.56. The summed E-state index contributed by atoms with van der Waals surface area (Å²) in [5, 5.41) is 13.2. The van der Waals surface area contributed by atoms with Gasteiger partial charge in [-0.25, -0.2) is 0 Å². The van der Waals surface area contributed by atoms with Gasteiger partial charge in [0.15, 0.2) is 5.79 Å². The molecule has 0 saturated carbocycles. The minimum Gasteiger partial charge on any atom is -0.462 e. The SMILES string of the molecule is CCCCN(CCCCC(=O)OC1CCOC(O)(C2CSC(=O)N2)C1)C(C)=O. The lowest BCUT2D eigenvalue weighted by Gasteiger charge is -2.39. The second-order valence-corrected chi connectivity index (χ2v) is 8.40. The molecule has 0 spiro atoms. The standard InChI is InChI=1S/C19H32N2O6S/c1-3-4-9-21(14(2)22)10-6-5-7-17(23)27-15-8-11-26-19(25,12-15)16-13-28-18(24)20-16/h15-16,25H,3-13H2,1-2H3,(H,20,24). The van der Waals surface area contributed by atoms with E-state index in [4.69, 9.17) is 9.47 Å². The van der Waals surface area contributed by atoms with Crippen molar-refractivity contribution in [2.45, 2.75) is 76.7 Å². The highest BCUT2D eigenvalue weighted by Crippen LogP contribution is 2.32. The molecule has 9 heteroatoms. The number of hydrogen-bond donors (Lipinski definition) is 2. The Bertz CT molecular complexity index is 561. The van der Waals surface area contributed by atoms with E-state index in [1.165, 1.54) is 0 Å². The van der Waals surface area contributed by atoms with Gasteiger partial charge in [0, 0.05) is 45.0 Å². The Balaban J connectivity index is 1.69. The zero-order chi connectivity index (χ0) is 20.6. The lowest BCUT2D eigenvalue weighted by atomic mass is 9.96. The zero-order valence-corrected chi connectivity index (χ0v) is 17.6. The number of ether oxygens (including phenoxy) is 2. The van der Waals surface area contributed by atoms with Gasteiger partial charge in [0.1, 0.15) is 6.10 Å². The number of hydrogen-bond acceptors (Lipinski definition) is 7. The summed E-state index contributed by atoms with van der Waals surface area (Å²) in [7, 11) is 0. The molecule has 2 heterocycles. The number of carbonyl (C=O) groups is 3. The predicted molar refractivity (Wildman–Crippen MR) is 106 cm³/mol. The van der Waals surface area contributed by atoms with E-state index < -0.39 is 17.9 Å². The maximum Gasteiger partial charge on any atom is 0.306 e. The van der Waals surface area contributed by atoms with Gasteiger partial charge in [0.2, 0.25) is 5.91 Å². The molecule has 2 saturated heterocycles. The van der Waals surface area contributed by atoms with Crippen molar-refractivity contribution < 1.29 is 29.0 Å². The molecule has 2 N–H and O–H groups in total. The van der Waals surface area contributed by atoms with Gasteiger partial charge in [-0.2, -0.15) is 0 Å². The second-order valence-electron chi connectivity index (χ2n) is 7.41. The predicted octanol–water partition coefficient (Wildman–Crippen LogP) is 2.04. The van der Waals surface area contributed by atoms with Crippen molar-refractivity contribution in [1.29, 1.82) is 0 Å². The van der Waals surface area contributed by atoms with Crippen LogP contribution in [0.5, 0.6) is 0 Å². The number of carbonyl (C=O) groups excluding carboxylic acids is 3. The molecule has 2 rings (SSSR count). The van der Waals surface area contributed by atoms with Crippen LogP contribution in [0.15, 0.2) is 0 Å². The Kier molecular flexibility index (Phi) is 9.04. The van der Waals surface area contributed by atoms with Crippen molar-refractivity contribution in [3.63, 3.8) is 0 Å². The van der Waals surface area contributed by atoms with Gasteiger partial charge in [-0.3, -0.25) is 14.4 Å². The Hall–Kier alpha value is -1.32. The molecule has 0 aliphatic carbocycles. The normalized spacial score (nSPS) is 27.3. The fourth-order valence-electron chi connectivity index (χ4n) is 3.42.